The number of hydrogen-bond acceptors (Lipinski definition) is 10. The molecule has 0 saturated heterocycles. The van der Waals surface area contributed by atoms with E-state index >= 15 is 0 Å². The molecule has 0 aliphatic carbocycles. The number of rotatable bonds is 8. The molecule has 0 bridgehead atoms. The van der Waals surface area contributed by atoms with E-state index < -0.39 is 70.1 Å². The molecule has 0 fully saturated rings. The molecule has 2 aromatic carbocycles. The summed E-state index contributed by atoms with van der Waals surface area (Å²) in [6.07, 6.45) is -7.44. The van der Waals surface area contributed by atoms with Crippen LogP contribution in [0.1, 0.15) is 10.4 Å². The van der Waals surface area contributed by atoms with Crippen molar-refractivity contribution in [1.82, 2.24) is 19.7 Å². The third-order valence-electron chi connectivity index (χ3n) is 5.74. The minimum absolute atomic E-state index is 0.155. The van der Waals surface area contributed by atoms with Crippen molar-refractivity contribution in [3.63, 3.8) is 0 Å². The second-order valence-electron chi connectivity index (χ2n) is 8.86. The smallest absolute Gasteiger partial charge is 0.452 e. The quantitative estimate of drug-likeness (QED) is 0.135. The van der Waals surface area contributed by atoms with Crippen molar-refractivity contribution >= 4 is 28.9 Å². The first-order chi connectivity index (χ1) is 21.7. The lowest BCUT2D eigenvalue weighted by molar-refractivity contribution is -0.199. The van der Waals surface area contributed by atoms with Gasteiger partial charge in [-0.15, -0.1) is 0 Å². The fraction of sp³-hybridized carbons (Fsp3) is 0.0714. The molecule has 2 N–H and O–H groups in total. The Bertz CT molecular complexity index is 1950. The summed E-state index contributed by atoms with van der Waals surface area (Å²) < 4.78 is 96.8. The normalized spacial score (nSPS) is 11.6. The average molecular weight is 647 g/mol. The SMILES string of the molecule is NC(=O)c1ccccc1Oc1c(OC(=O)C(F)(F)F)c(Oc2cccnc2)cc2c1nc(-c1ccccn1)n2OC(=O)C(F)(F)F. The monoisotopic (exact) mass is 647 g/mol. The summed E-state index contributed by atoms with van der Waals surface area (Å²) >= 11 is 0. The lowest BCUT2D eigenvalue weighted by atomic mass is 10.2. The molecule has 0 radical (unpaired) electrons. The number of aromatic nitrogens is 4. The molecule has 46 heavy (non-hydrogen) atoms. The van der Waals surface area contributed by atoms with E-state index in [4.69, 9.17) is 15.2 Å². The van der Waals surface area contributed by atoms with Gasteiger partial charge in [-0.3, -0.25) is 14.8 Å². The van der Waals surface area contributed by atoms with Crippen LogP contribution < -0.4 is 24.8 Å². The Kier molecular flexibility index (Phi) is 8.19. The van der Waals surface area contributed by atoms with E-state index in [9.17, 15) is 40.7 Å². The van der Waals surface area contributed by atoms with Crippen molar-refractivity contribution in [1.29, 1.82) is 0 Å². The van der Waals surface area contributed by atoms with E-state index in [-0.39, 0.29) is 21.7 Å². The number of esters is 1. The Morgan fingerprint density at radius 2 is 1.50 bits per heavy atom. The second kappa shape index (κ2) is 12.1. The first-order valence-electron chi connectivity index (χ1n) is 12.5. The third-order valence-corrected chi connectivity index (χ3v) is 5.74. The van der Waals surface area contributed by atoms with Gasteiger partial charge in [0.25, 0.3) is 5.91 Å². The topological polar surface area (TPSA) is 158 Å². The molecule has 0 spiro atoms. The Balaban J connectivity index is 1.88. The van der Waals surface area contributed by atoms with Crippen LogP contribution in [0.25, 0.3) is 22.6 Å². The zero-order chi connectivity index (χ0) is 33.2. The molecular formula is C28H15F6N5O7. The van der Waals surface area contributed by atoms with E-state index in [1.807, 2.05) is 0 Å². The van der Waals surface area contributed by atoms with E-state index in [1.165, 1.54) is 60.9 Å². The van der Waals surface area contributed by atoms with Crippen LogP contribution in [0.5, 0.6) is 28.7 Å². The van der Waals surface area contributed by atoms with E-state index in [0.29, 0.717) is 0 Å². The van der Waals surface area contributed by atoms with Gasteiger partial charge in [0.05, 0.1) is 11.8 Å². The third kappa shape index (κ3) is 6.49. The summed E-state index contributed by atoms with van der Waals surface area (Å²) in [6.45, 7) is 0. The first-order valence-corrected chi connectivity index (χ1v) is 12.5. The molecule has 0 aliphatic heterocycles. The predicted octanol–water partition coefficient (Wildman–Crippen LogP) is 5.16. The number of carbonyl (C=O) groups excluding carboxylic acids is 3. The fourth-order valence-corrected chi connectivity index (χ4v) is 3.83. The number of carbonyl (C=O) groups is 3. The van der Waals surface area contributed by atoms with Crippen LogP contribution in [0.4, 0.5) is 26.3 Å². The number of benzene rings is 2. The number of hydrogen-bond donors (Lipinski definition) is 1. The van der Waals surface area contributed by atoms with Gasteiger partial charge in [-0.1, -0.05) is 18.2 Å². The highest BCUT2D eigenvalue weighted by Crippen LogP contribution is 2.48. The van der Waals surface area contributed by atoms with Crippen LogP contribution in [0.3, 0.4) is 0 Å². The van der Waals surface area contributed by atoms with Crippen LogP contribution >= 0.6 is 0 Å². The summed E-state index contributed by atoms with van der Waals surface area (Å²) in [4.78, 5) is 52.8. The number of nitrogens with zero attached hydrogens (tertiary/aromatic N) is 4. The maximum atomic E-state index is 13.5. The largest absolute Gasteiger partial charge is 0.493 e. The molecule has 5 aromatic rings. The molecule has 0 unspecified atom stereocenters. The van der Waals surface area contributed by atoms with E-state index in [1.54, 1.807) is 0 Å². The number of fused-ring (bicyclic) bond motifs is 1. The van der Waals surface area contributed by atoms with Crippen molar-refractivity contribution in [3.8, 4) is 40.3 Å². The van der Waals surface area contributed by atoms with Gasteiger partial charge in [0.2, 0.25) is 11.5 Å². The highest BCUT2D eigenvalue weighted by Gasteiger charge is 2.44. The molecule has 0 aliphatic rings. The number of amides is 1. The molecule has 18 heteroatoms. The first kappa shape index (κ1) is 31.2. The lowest BCUT2D eigenvalue weighted by Gasteiger charge is -2.18. The van der Waals surface area contributed by atoms with E-state index in [2.05, 4.69) is 24.5 Å². The molecule has 3 aromatic heterocycles. The van der Waals surface area contributed by atoms with Crippen LogP contribution in [-0.2, 0) is 9.59 Å². The number of imidazole rings is 1. The molecule has 12 nitrogen and oxygen atoms in total. The maximum Gasteiger partial charge on any atom is 0.493 e. The zero-order valence-corrected chi connectivity index (χ0v) is 22.5. The standard InChI is InChI=1S/C28H15F6N5O7/c29-27(30,31)25(41)45-21-19(43-14-6-5-10-36-13-14)12-17-20(22(21)44-18-9-2-1-7-15(18)23(35)40)38-24(16-8-3-4-11-37-16)39(17)46-26(42)28(32,33)34/h1-13H,(H2,35,40). The minimum atomic E-state index is -5.57. The number of halogens is 6. The number of para-hydroxylation sites is 1. The van der Waals surface area contributed by atoms with Gasteiger partial charge in [0.1, 0.15) is 28.2 Å². The average Bonchev–Trinajstić information content (AvgIpc) is 3.36. The lowest BCUT2D eigenvalue weighted by Crippen LogP contribution is -2.33. The van der Waals surface area contributed by atoms with Crippen molar-refractivity contribution in [3.05, 3.63) is 84.8 Å². The number of nitrogens with two attached hydrogens (primary N) is 1. The summed E-state index contributed by atoms with van der Waals surface area (Å²) in [7, 11) is 0. The van der Waals surface area contributed by atoms with E-state index in [0.717, 1.165) is 18.3 Å². The fourth-order valence-electron chi connectivity index (χ4n) is 3.83. The number of ether oxygens (including phenoxy) is 3. The van der Waals surface area contributed by atoms with Gasteiger partial charge < -0.3 is 24.8 Å². The molecule has 0 saturated carbocycles. The second-order valence-corrected chi connectivity index (χ2v) is 8.86. The molecule has 5 rings (SSSR count). The van der Waals surface area contributed by atoms with Crippen LogP contribution in [0.15, 0.2) is 79.3 Å². The summed E-state index contributed by atoms with van der Waals surface area (Å²) in [5.41, 5.74) is 3.72. The molecule has 1 amide bonds. The molecular weight excluding hydrogens is 632 g/mol. The number of primary amides is 1. The van der Waals surface area contributed by atoms with Crippen LogP contribution in [0, 0.1) is 0 Å². The van der Waals surface area contributed by atoms with Gasteiger partial charge in [0, 0.05) is 18.5 Å². The summed E-state index contributed by atoms with van der Waals surface area (Å²) in [5, 5.41) is 0. The highest BCUT2D eigenvalue weighted by molar-refractivity contribution is 5.97. The predicted molar refractivity (Wildman–Crippen MR) is 142 cm³/mol. The Morgan fingerprint density at radius 1 is 0.783 bits per heavy atom. The highest BCUT2D eigenvalue weighted by atomic mass is 19.4. The van der Waals surface area contributed by atoms with Crippen molar-refractivity contribution < 1.29 is 59.8 Å². The number of pyridine rings is 2. The van der Waals surface area contributed by atoms with Crippen molar-refractivity contribution in [2.75, 3.05) is 0 Å². The summed E-state index contributed by atoms with van der Waals surface area (Å²) in [5.74, 6) is -10.4. The Hall–Kier alpha value is -6.20. The van der Waals surface area contributed by atoms with Crippen LogP contribution in [0.2, 0.25) is 0 Å². The molecule has 236 valence electrons. The van der Waals surface area contributed by atoms with Gasteiger partial charge in [-0.2, -0.15) is 31.1 Å². The molecule has 3 heterocycles. The van der Waals surface area contributed by atoms with Gasteiger partial charge in [-0.25, -0.2) is 14.6 Å². The van der Waals surface area contributed by atoms with Crippen molar-refractivity contribution in [2.45, 2.75) is 12.4 Å². The summed E-state index contributed by atoms with van der Waals surface area (Å²) in [6, 6.07) is 12.6. The van der Waals surface area contributed by atoms with Gasteiger partial charge >= 0.3 is 24.3 Å². The van der Waals surface area contributed by atoms with Crippen LogP contribution in [-0.4, -0.2) is 49.9 Å². The zero-order valence-electron chi connectivity index (χ0n) is 22.5. The van der Waals surface area contributed by atoms with Crippen molar-refractivity contribution in [2.24, 2.45) is 5.73 Å². The number of alkyl halides is 6. The minimum Gasteiger partial charge on any atom is -0.452 e. The Labute approximate surface area is 251 Å². The Morgan fingerprint density at radius 3 is 2.13 bits per heavy atom. The van der Waals surface area contributed by atoms with Gasteiger partial charge in [-0.05, 0) is 36.4 Å². The van der Waals surface area contributed by atoms with Gasteiger partial charge in [0.15, 0.2) is 11.6 Å². The molecule has 0 atom stereocenters. The maximum absolute atomic E-state index is 13.5.